The highest BCUT2D eigenvalue weighted by Crippen LogP contribution is 1.97. The summed E-state index contributed by atoms with van der Waals surface area (Å²) in [5, 5.41) is 2.73. The topological polar surface area (TPSA) is 106 Å². The molecule has 0 spiro atoms. The van der Waals surface area contributed by atoms with Gasteiger partial charge in [-0.15, -0.1) is 0 Å². The van der Waals surface area contributed by atoms with E-state index in [2.05, 4.69) is 15.7 Å². The van der Waals surface area contributed by atoms with Crippen LogP contribution in [0.1, 0.15) is 20.8 Å². The summed E-state index contributed by atoms with van der Waals surface area (Å²) in [6, 6.07) is 0. The molecule has 76 valence electrons. The van der Waals surface area contributed by atoms with E-state index in [-0.39, 0.29) is 24.0 Å². The minimum Gasteiger partial charge on any atom is -0.369 e. The fourth-order valence-corrected chi connectivity index (χ4v) is 0.660. The third-order valence-corrected chi connectivity index (χ3v) is 1.06. The number of hydrogen-bond acceptors (Lipinski definition) is 3. The number of aliphatic imine (C=N–C) groups is 1. The molecular formula is C7H17N5O. The number of carbonyl (C=O) groups is 1. The van der Waals surface area contributed by atoms with Gasteiger partial charge in [-0.1, -0.05) is 0 Å². The number of rotatable bonds is 2. The van der Waals surface area contributed by atoms with Gasteiger partial charge in [0.25, 0.3) is 0 Å². The summed E-state index contributed by atoms with van der Waals surface area (Å²) < 4.78 is 0. The number of hydrazine groups is 1. The van der Waals surface area contributed by atoms with Crippen LogP contribution in [-0.4, -0.2) is 24.0 Å². The molecule has 0 fully saturated rings. The summed E-state index contributed by atoms with van der Waals surface area (Å²) >= 11 is 0. The molecule has 0 aromatic rings. The van der Waals surface area contributed by atoms with Crippen LogP contribution in [0.3, 0.4) is 0 Å². The number of carbonyl (C=O) groups excluding carboxylic acids is 1. The Morgan fingerprint density at radius 1 is 1.46 bits per heavy atom. The van der Waals surface area contributed by atoms with Crippen molar-refractivity contribution in [2.75, 3.05) is 6.54 Å². The van der Waals surface area contributed by atoms with Crippen LogP contribution in [0.2, 0.25) is 0 Å². The van der Waals surface area contributed by atoms with Crippen molar-refractivity contribution in [3.63, 3.8) is 0 Å². The Morgan fingerprint density at radius 2 is 2.00 bits per heavy atom. The van der Waals surface area contributed by atoms with Crippen LogP contribution in [0.5, 0.6) is 0 Å². The van der Waals surface area contributed by atoms with E-state index in [1.165, 1.54) is 0 Å². The van der Waals surface area contributed by atoms with Gasteiger partial charge in [0.2, 0.25) is 11.9 Å². The third-order valence-electron chi connectivity index (χ3n) is 1.06. The molecule has 13 heavy (non-hydrogen) atoms. The summed E-state index contributed by atoms with van der Waals surface area (Å²) in [5.41, 5.74) is 7.10. The molecule has 1 amide bonds. The molecule has 0 aromatic heterocycles. The van der Waals surface area contributed by atoms with Crippen molar-refractivity contribution in [1.82, 2.24) is 10.7 Å². The highest BCUT2D eigenvalue weighted by atomic mass is 16.2. The van der Waals surface area contributed by atoms with Crippen LogP contribution in [0, 0.1) is 0 Å². The van der Waals surface area contributed by atoms with Crippen LogP contribution >= 0.6 is 0 Å². The fraction of sp³-hybridized carbons (Fsp3) is 0.714. The second kappa shape index (κ2) is 4.66. The smallest absolute Gasteiger partial charge is 0.242 e. The van der Waals surface area contributed by atoms with Crippen molar-refractivity contribution < 1.29 is 4.79 Å². The van der Waals surface area contributed by atoms with Crippen LogP contribution in [-0.2, 0) is 4.79 Å². The summed E-state index contributed by atoms with van der Waals surface area (Å²) in [6.45, 7) is 5.64. The number of nitrogens with one attached hydrogen (secondary N) is 2. The fourth-order valence-electron chi connectivity index (χ4n) is 0.660. The molecule has 0 rings (SSSR count). The van der Waals surface area contributed by atoms with E-state index in [0.29, 0.717) is 0 Å². The maximum atomic E-state index is 11.1. The molecule has 0 aliphatic heterocycles. The van der Waals surface area contributed by atoms with Gasteiger partial charge in [-0.3, -0.25) is 10.2 Å². The average molecular weight is 187 g/mol. The van der Waals surface area contributed by atoms with Crippen LogP contribution in [0.25, 0.3) is 0 Å². The second-order valence-corrected chi connectivity index (χ2v) is 3.64. The molecule has 6 nitrogen and oxygen atoms in total. The first kappa shape index (κ1) is 11.7. The predicted octanol–water partition coefficient (Wildman–Crippen LogP) is -1.32. The molecular weight excluding hydrogens is 170 g/mol. The molecule has 0 saturated carbocycles. The average Bonchev–Trinajstić information content (AvgIpc) is 1.97. The summed E-state index contributed by atoms with van der Waals surface area (Å²) in [6.07, 6.45) is 0. The van der Waals surface area contributed by atoms with Crippen molar-refractivity contribution in [3.05, 3.63) is 0 Å². The molecule has 0 atom stereocenters. The molecule has 0 saturated heterocycles. The summed E-state index contributed by atoms with van der Waals surface area (Å²) in [4.78, 5) is 14.8. The van der Waals surface area contributed by atoms with Crippen molar-refractivity contribution in [1.29, 1.82) is 0 Å². The van der Waals surface area contributed by atoms with Gasteiger partial charge in [-0.2, -0.15) is 0 Å². The lowest BCUT2D eigenvalue weighted by molar-refractivity contribution is -0.121. The maximum Gasteiger partial charge on any atom is 0.242 e. The van der Waals surface area contributed by atoms with Gasteiger partial charge in [0.15, 0.2) is 0 Å². The molecule has 6 heteroatoms. The minimum absolute atomic E-state index is 0.0205. The molecule has 0 aliphatic rings. The molecule has 0 radical (unpaired) electrons. The highest BCUT2D eigenvalue weighted by molar-refractivity contribution is 5.83. The molecule has 6 N–H and O–H groups in total. The van der Waals surface area contributed by atoms with E-state index in [9.17, 15) is 4.79 Å². The normalized spacial score (nSPS) is 12.5. The van der Waals surface area contributed by atoms with Crippen LogP contribution in [0.15, 0.2) is 4.99 Å². The zero-order valence-corrected chi connectivity index (χ0v) is 8.22. The second-order valence-electron chi connectivity index (χ2n) is 3.64. The lowest BCUT2D eigenvalue weighted by Crippen LogP contribution is -2.43. The molecule has 0 aromatic carbocycles. The van der Waals surface area contributed by atoms with Crippen LogP contribution < -0.4 is 22.3 Å². The highest BCUT2D eigenvalue weighted by Gasteiger charge is 2.12. The predicted molar refractivity (Wildman–Crippen MR) is 51.7 cm³/mol. The summed E-state index contributed by atoms with van der Waals surface area (Å²) in [5.74, 6) is 4.80. The van der Waals surface area contributed by atoms with Gasteiger partial charge >= 0.3 is 0 Å². The van der Waals surface area contributed by atoms with Gasteiger partial charge in [0, 0.05) is 5.54 Å². The number of amides is 1. The lowest BCUT2D eigenvalue weighted by Gasteiger charge is -2.19. The lowest BCUT2D eigenvalue weighted by atomic mass is 10.1. The van der Waals surface area contributed by atoms with Crippen molar-refractivity contribution in [3.8, 4) is 0 Å². The first-order chi connectivity index (χ1) is 5.85. The monoisotopic (exact) mass is 187 g/mol. The van der Waals surface area contributed by atoms with Crippen molar-refractivity contribution in [2.24, 2.45) is 16.6 Å². The standard InChI is InChI=1S/C7H17N5O/c1-7(2,3)11-5(13)4-10-6(8)12-9/h4,9H2,1-3H3,(H,11,13)(H3,8,10,12). The van der Waals surface area contributed by atoms with Gasteiger partial charge in [-0.05, 0) is 20.8 Å². The Hall–Kier alpha value is -1.30. The SMILES string of the molecule is CC(C)(C)NC(=O)CN=C(N)NN. The Balaban J connectivity index is 3.90. The molecule has 0 unspecified atom stereocenters. The van der Waals surface area contributed by atoms with E-state index in [4.69, 9.17) is 11.6 Å². The Morgan fingerprint density at radius 3 is 2.38 bits per heavy atom. The third kappa shape index (κ3) is 7.07. The number of nitrogens with zero attached hydrogens (tertiary/aromatic N) is 1. The van der Waals surface area contributed by atoms with Crippen molar-refractivity contribution in [2.45, 2.75) is 26.3 Å². The number of hydrogen-bond donors (Lipinski definition) is 4. The zero-order chi connectivity index (χ0) is 10.5. The summed E-state index contributed by atoms with van der Waals surface area (Å²) in [7, 11) is 0. The Labute approximate surface area is 77.7 Å². The molecule has 0 bridgehead atoms. The van der Waals surface area contributed by atoms with Gasteiger partial charge in [0.1, 0.15) is 6.54 Å². The Kier molecular flexibility index (Phi) is 4.19. The van der Waals surface area contributed by atoms with E-state index >= 15 is 0 Å². The van der Waals surface area contributed by atoms with Crippen molar-refractivity contribution >= 4 is 11.9 Å². The van der Waals surface area contributed by atoms with Crippen LogP contribution in [0.4, 0.5) is 0 Å². The quantitative estimate of drug-likeness (QED) is 0.186. The van der Waals surface area contributed by atoms with Gasteiger partial charge < -0.3 is 11.1 Å². The van der Waals surface area contributed by atoms with E-state index in [0.717, 1.165) is 0 Å². The first-order valence-electron chi connectivity index (χ1n) is 3.92. The largest absolute Gasteiger partial charge is 0.369 e. The van der Waals surface area contributed by atoms with E-state index < -0.39 is 0 Å². The molecule has 0 aliphatic carbocycles. The van der Waals surface area contributed by atoms with E-state index in [1.807, 2.05) is 20.8 Å². The number of nitrogens with two attached hydrogens (primary N) is 2. The zero-order valence-electron chi connectivity index (χ0n) is 8.22. The van der Waals surface area contributed by atoms with Gasteiger partial charge in [0.05, 0.1) is 0 Å². The first-order valence-corrected chi connectivity index (χ1v) is 3.92. The van der Waals surface area contributed by atoms with Gasteiger partial charge in [-0.25, -0.2) is 10.8 Å². The maximum absolute atomic E-state index is 11.1. The van der Waals surface area contributed by atoms with E-state index in [1.54, 1.807) is 0 Å². The Bertz CT molecular complexity index is 205. The minimum atomic E-state index is -0.252. The number of guanidine groups is 1. The molecule has 0 heterocycles.